The minimum Gasteiger partial charge on any atom is -0.397 e. The Bertz CT molecular complexity index is 579. The van der Waals surface area contributed by atoms with E-state index in [4.69, 9.17) is 5.73 Å². The molecule has 0 aliphatic rings. The lowest BCUT2D eigenvalue weighted by Gasteiger charge is -2.10. The summed E-state index contributed by atoms with van der Waals surface area (Å²) in [6, 6.07) is 8.44. The van der Waals surface area contributed by atoms with Gasteiger partial charge < -0.3 is 5.73 Å². The van der Waals surface area contributed by atoms with Crippen LogP contribution in [0.4, 0.5) is 18.9 Å². The topological polar surface area (TPSA) is 38.9 Å². The van der Waals surface area contributed by atoms with Crippen molar-refractivity contribution in [3.63, 3.8) is 0 Å². The number of nitrogens with zero attached hydrogens (tertiary/aromatic N) is 1. The van der Waals surface area contributed by atoms with Gasteiger partial charge in [0.2, 0.25) is 0 Å². The summed E-state index contributed by atoms with van der Waals surface area (Å²) in [6.07, 6.45) is -3.42. The van der Waals surface area contributed by atoms with Gasteiger partial charge in [0.15, 0.2) is 0 Å². The molecule has 0 saturated carbocycles. The van der Waals surface area contributed by atoms with Gasteiger partial charge in [0.25, 0.3) is 0 Å². The maximum Gasteiger partial charge on any atom is 0.433 e. The van der Waals surface area contributed by atoms with E-state index in [0.717, 1.165) is 22.7 Å². The van der Waals surface area contributed by atoms with Gasteiger partial charge in [-0.05, 0) is 25.1 Å². The predicted molar refractivity (Wildman–Crippen MR) is 69.0 cm³/mol. The van der Waals surface area contributed by atoms with E-state index in [9.17, 15) is 13.2 Å². The Labute approximate surface area is 112 Å². The van der Waals surface area contributed by atoms with Crippen molar-refractivity contribution < 1.29 is 13.2 Å². The normalized spacial score (nSPS) is 11.6. The molecule has 2 aromatic rings. The number of anilines is 1. The highest BCUT2D eigenvalue weighted by Crippen LogP contribution is 2.36. The lowest BCUT2D eigenvalue weighted by molar-refractivity contribution is -0.141. The first-order valence-corrected chi connectivity index (χ1v) is 6.25. The Hall–Kier alpha value is -1.69. The number of aryl methyl sites for hydroxylation is 1. The average Bonchev–Trinajstić information content (AvgIpc) is 2.33. The monoisotopic (exact) mass is 284 g/mol. The molecule has 0 amide bonds. The highest BCUT2D eigenvalue weighted by Gasteiger charge is 2.32. The zero-order valence-electron chi connectivity index (χ0n) is 10.0. The number of rotatable bonds is 2. The number of halogens is 3. The molecule has 0 radical (unpaired) electrons. The summed E-state index contributed by atoms with van der Waals surface area (Å²) in [5, 5.41) is 0. The molecule has 0 aliphatic carbocycles. The van der Waals surface area contributed by atoms with Crippen molar-refractivity contribution in [1.29, 1.82) is 0 Å². The molecule has 100 valence electrons. The number of aromatic nitrogens is 1. The van der Waals surface area contributed by atoms with Crippen LogP contribution in [0.3, 0.4) is 0 Å². The minimum atomic E-state index is -4.46. The fourth-order valence-corrected chi connectivity index (χ4v) is 2.29. The van der Waals surface area contributed by atoms with E-state index in [2.05, 4.69) is 4.98 Å². The van der Waals surface area contributed by atoms with Crippen molar-refractivity contribution in [2.45, 2.75) is 22.9 Å². The van der Waals surface area contributed by atoms with E-state index in [-0.39, 0.29) is 5.69 Å². The smallest absolute Gasteiger partial charge is 0.397 e. The first kappa shape index (κ1) is 13.7. The van der Waals surface area contributed by atoms with E-state index in [1.807, 2.05) is 31.2 Å². The number of pyridine rings is 1. The van der Waals surface area contributed by atoms with Crippen molar-refractivity contribution in [3.8, 4) is 0 Å². The molecule has 1 aromatic carbocycles. The Kier molecular flexibility index (Phi) is 3.71. The van der Waals surface area contributed by atoms with Crippen LogP contribution in [0.15, 0.2) is 46.3 Å². The molecule has 0 aliphatic heterocycles. The lowest BCUT2D eigenvalue weighted by atomic mass is 10.2. The largest absolute Gasteiger partial charge is 0.433 e. The number of alkyl halides is 3. The van der Waals surface area contributed by atoms with E-state index >= 15 is 0 Å². The van der Waals surface area contributed by atoms with Crippen molar-refractivity contribution >= 4 is 17.4 Å². The van der Waals surface area contributed by atoms with E-state index in [0.29, 0.717) is 4.90 Å². The molecule has 6 heteroatoms. The summed E-state index contributed by atoms with van der Waals surface area (Å²) in [7, 11) is 0. The van der Waals surface area contributed by atoms with Gasteiger partial charge in [-0.25, -0.2) is 4.98 Å². The lowest BCUT2D eigenvalue weighted by Crippen LogP contribution is -2.08. The van der Waals surface area contributed by atoms with Gasteiger partial charge in [-0.15, -0.1) is 0 Å². The maximum atomic E-state index is 12.6. The Morgan fingerprint density at radius 1 is 1.16 bits per heavy atom. The maximum absolute atomic E-state index is 12.6. The van der Waals surface area contributed by atoms with E-state index < -0.39 is 11.9 Å². The predicted octanol–water partition coefficient (Wildman–Crippen LogP) is 4.14. The molecule has 0 atom stereocenters. The summed E-state index contributed by atoms with van der Waals surface area (Å²) in [5.41, 5.74) is 6.05. The molecule has 1 aromatic heterocycles. The van der Waals surface area contributed by atoms with Crippen LogP contribution in [0.1, 0.15) is 11.3 Å². The Morgan fingerprint density at radius 3 is 2.37 bits per heavy atom. The average molecular weight is 284 g/mol. The molecule has 2 rings (SSSR count). The number of benzene rings is 1. The van der Waals surface area contributed by atoms with Crippen molar-refractivity contribution in [1.82, 2.24) is 4.98 Å². The number of hydrogen-bond acceptors (Lipinski definition) is 3. The fraction of sp³-hybridized carbons (Fsp3) is 0.154. The number of nitrogens with two attached hydrogens (primary N) is 1. The van der Waals surface area contributed by atoms with Gasteiger partial charge in [-0.1, -0.05) is 29.5 Å². The van der Waals surface area contributed by atoms with Gasteiger partial charge in [-0.3, -0.25) is 0 Å². The molecule has 0 bridgehead atoms. The molecule has 19 heavy (non-hydrogen) atoms. The molecule has 0 unspecified atom stereocenters. The van der Waals surface area contributed by atoms with E-state index in [1.54, 1.807) is 0 Å². The van der Waals surface area contributed by atoms with Crippen LogP contribution in [-0.4, -0.2) is 4.98 Å². The summed E-state index contributed by atoms with van der Waals surface area (Å²) >= 11 is 1.19. The van der Waals surface area contributed by atoms with Crippen molar-refractivity contribution in [2.24, 2.45) is 0 Å². The number of hydrogen-bond donors (Lipinski definition) is 1. The quantitative estimate of drug-likeness (QED) is 0.900. The minimum absolute atomic E-state index is 0.235. The third kappa shape index (κ3) is 3.41. The Morgan fingerprint density at radius 2 is 1.79 bits per heavy atom. The number of nitrogen functional groups attached to an aromatic ring is 1. The summed E-state index contributed by atoms with van der Waals surface area (Å²) < 4.78 is 37.7. The van der Waals surface area contributed by atoms with Crippen molar-refractivity contribution in [2.75, 3.05) is 5.73 Å². The first-order chi connectivity index (χ1) is 8.86. The van der Waals surface area contributed by atoms with Crippen LogP contribution >= 0.6 is 11.8 Å². The zero-order chi connectivity index (χ0) is 14.0. The molecule has 0 fully saturated rings. The molecule has 0 saturated heterocycles. The van der Waals surface area contributed by atoms with Crippen molar-refractivity contribution in [3.05, 3.63) is 47.8 Å². The molecule has 1 heterocycles. The SMILES string of the molecule is Cc1ccc(Sc2cc(C(F)(F)F)ncc2N)cc1. The van der Waals surface area contributed by atoms with E-state index in [1.165, 1.54) is 11.8 Å². The standard InChI is InChI=1S/C13H11F3N2S/c1-8-2-4-9(5-3-8)19-11-6-12(13(14,15)16)18-7-10(11)17/h2-7H,17H2,1H3. The van der Waals surface area contributed by atoms with Crippen LogP contribution in [-0.2, 0) is 6.18 Å². The fourth-order valence-electron chi connectivity index (χ4n) is 1.42. The summed E-state index contributed by atoms with van der Waals surface area (Å²) in [5.74, 6) is 0. The molecule has 0 spiro atoms. The second-order valence-electron chi connectivity index (χ2n) is 4.02. The Balaban J connectivity index is 2.31. The van der Waals surface area contributed by atoms with Gasteiger partial charge in [-0.2, -0.15) is 13.2 Å². The summed E-state index contributed by atoms with van der Waals surface area (Å²) in [4.78, 5) is 4.49. The van der Waals surface area contributed by atoms with Gasteiger partial charge in [0.05, 0.1) is 11.9 Å². The van der Waals surface area contributed by atoms with Crippen LogP contribution in [0.2, 0.25) is 0 Å². The van der Waals surface area contributed by atoms with Gasteiger partial charge in [0.1, 0.15) is 5.69 Å². The highest BCUT2D eigenvalue weighted by atomic mass is 32.2. The van der Waals surface area contributed by atoms with Gasteiger partial charge in [0, 0.05) is 9.79 Å². The summed E-state index contributed by atoms with van der Waals surface area (Å²) in [6.45, 7) is 1.94. The second kappa shape index (κ2) is 5.13. The zero-order valence-corrected chi connectivity index (χ0v) is 10.8. The van der Waals surface area contributed by atoms with Crippen LogP contribution in [0, 0.1) is 6.92 Å². The van der Waals surface area contributed by atoms with Crippen LogP contribution < -0.4 is 5.73 Å². The highest BCUT2D eigenvalue weighted by molar-refractivity contribution is 7.99. The first-order valence-electron chi connectivity index (χ1n) is 5.43. The molecular weight excluding hydrogens is 273 g/mol. The second-order valence-corrected chi connectivity index (χ2v) is 5.14. The van der Waals surface area contributed by atoms with Gasteiger partial charge >= 0.3 is 6.18 Å². The molecule has 2 N–H and O–H groups in total. The van der Waals surface area contributed by atoms with Crippen LogP contribution in [0.25, 0.3) is 0 Å². The van der Waals surface area contributed by atoms with Crippen LogP contribution in [0.5, 0.6) is 0 Å². The third-order valence-corrected chi connectivity index (χ3v) is 3.52. The molecular formula is C13H11F3N2S. The molecule has 2 nitrogen and oxygen atoms in total. The third-order valence-electron chi connectivity index (χ3n) is 2.43.